The van der Waals surface area contributed by atoms with Crippen LogP contribution in [-0.4, -0.2) is 24.3 Å². The van der Waals surface area contributed by atoms with Crippen molar-refractivity contribution in [1.82, 2.24) is 4.98 Å². The minimum Gasteiger partial charge on any atom is -0.506 e. The van der Waals surface area contributed by atoms with Crippen molar-refractivity contribution < 1.29 is 14.6 Å². The number of aromatic nitrogens is 1. The molecule has 2 rings (SSSR count). The number of ether oxygens (including phenoxy) is 2. The first kappa shape index (κ1) is 14.3. The molecule has 0 aliphatic carbocycles. The summed E-state index contributed by atoms with van der Waals surface area (Å²) < 4.78 is 10.4. The Morgan fingerprint density at radius 2 is 1.95 bits per heavy atom. The summed E-state index contributed by atoms with van der Waals surface area (Å²) in [4.78, 5) is 4.09. The summed E-state index contributed by atoms with van der Waals surface area (Å²) in [5.41, 5.74) is 1.53. The normalized spacial score (nSPS) is 10.2. The number of halogens is 1. The lowest BCUT2D eigenvalue weighted by atomic mass is 10.2. The van der Waals surface area contributed by atoms with Crippen molar-refractivity contribution in [3.05, 3.63) is 41.2 Å². The fourth-order valence-electron chi connectivity index (χ4n) is 1.71. The number of hydrogen-bond acceptors (Lipinski definition) is 5. The summed E-state index contributed by atoms with van der Waals surface area (Å²) in [7, 11) is 3.13. The molecule has 6 heteroatoms. The van der Waals surface area contributed by atoms with E-state index >= 15 is 0 Å². The standard InChI is InChI=1S/C14H15ClN2O3/c1-19-13-6-14(20-2)12(5-11(13)15)17-7-9-3-4-10(18)8-16-9/h3-6,8,17-18H,7H2,1-2H3. The number of pyridine rings is 1. The van der Waals surface area contributed by atoms with Crippen LogP contribution in [0.1, 0.15) is 5.69 Å². The Morgan fingerprint density at radius 1 is 1.20 bits per heavy atom. The van der Waals surface area contributed by atoms with Gasteiger partial charge in [0.2, 0.25) is 0 Å². The van der Waals surface area contributed by atoms with E-state index in [-0.39, 0.29) is 5.75 Å². The summed E-state index contributed by atoms with van der Waals surface area (Å²) in [6, 6.07) is 6.77. The van der Waals surface area contributed by atoms with E-state index in [4.69, 9.17) is 21.1 Å². The molecule has 0 aliphatic rings. The average molecular weight is 295 g/mol. The number of methoxy groups -OCH3 is 2. The summed E-state index contributed by atoms with van der Waals surface area (Å²) in [5, 5.41) is 12.9. The van der Waals surface area contributed by atoms with Gasteiger partial charge in [-0.3, -0.25) is 4.98 Å². The predicted octanol–water partition coefficient (Wildman–Crippen LogP) is 3.07. The SMILES string of the molecule is COc1cc(OC)c(NCc2ccc(O)cn2)cc1Cl. The lowest BCUT2D eigenvalue weighted by Gasteiger charge is -2.13. The second-order valence-electron chi connectivity index (χ2n) is 4.05. The van der Waals surface area contributed by atoms with Crippen LogP contribution >= 0.6 is 11.6 Å². The van der Waals surface area contributed by atoms with Crippen LogP contribution in [-0.2, 0) is 6.54 Å². The lowest BCUT2D eigenvalue weighted by Crippen LogP contribution is -2.03. The molecule has 5 nitrogen and oxygen atoms in total. The van der Waals surface area contributed by atoms with Gasteiger partial charge in [0.15, 0.2) is 0 Å². The zero-order valence-corrected chi connectivity index (χ0v) is 11.9. The van der Waals surface area contributed by atoms with Crippen LogP contribution in [0, 0.1) is 0 Å². The first-order valence-corrected chi connectivity index (χ1v) is 6.31. The van der Waals surface area contributed by atoms with Gasteiger partial charge in [-0.2, -0.15) is 0 Å². The highest BCUT2D eigenvalue weighted by Gasteiger charge is 2.09. The van der Waals surface area contributed by atoms with E-state index in [1.54, 1.807) is 38.5 Å². The summed E-state index contributed by atoms with van der Waals surface area (Å²) in [5.74, 6) is 1.32. The number of nitrogens with zero attached hydrogens (tertiary/aromatic N) is 1. The van der Waals surface area contributed by atoms with Gasteiger partial charge in [0, 0.05) is 6.07 Å². The first-order valence-electron chi connectivity index (χ1n) is 5.93. The third-order valence-corrected chi connectivity index (χ3v) is 3.04. The number of aromatic hydroxyl groups is 1. The third kappa shape index (κ3) is 3.24. The molecule has 106 valence electrons. The molecule has 0 aliphatic heterocycles. The minimum absolute atomic E-state index is 0.138. The molecule has 0 saturated carbocycles. The topological polar surface area (TPSA) is 63.6 Å². The van der Waals surface area contributed by atoms with Crippen molar-refractivity contribution >= 4 is 17.3 Å². The van der Waals surface area contributed by atoms with Gasteiger partial charge in [-0.1, -0.05) is 11.6 Å². The molecule has 1 aromatic carbocycles. The van der Waals surface area contributed by atoms with Crippen LogP contribution < -0.4 is 14.8 Å². The number of hydrogen-bond donors (Lipinski definition) is 2. The Kier molecular flexibility index (Phi) is 4.53. The van der Waals surface area contributed by atoms with E-state index in [2.05, 4.69) is 10.3 Å². The molecule has 2 aromatic rings. The molecular weight excluding hydrogens is 280 g/mol. The van der Waals surface area contributed by atoms with Gasteiger partial charge in [-0.15, -0.1) is 0 Å². The van der Waals surface area contributed by atoms with E-state index in [1.807, 2.05) is 0 Å². The highest BCUT2D eigenvalue weighted by Crippen LogP contribution is 2.36. The molecule has 0 saturated heterocycles. The van der Waals surface area contributed by atoms with Gasteiger partial charge in [0.1, 0.15) is 17.2 Å². The summed E-state index contributed by atoms with van der Waals surface area (Å²) in [6.45, 7) is 0.485. The van der Waals surface area contributed by atoms with Crippen molar-refractivity contribution in [1.29, 1.82) is 0 Å². The van der Waals surface area contributed by atoms with Crippen LogP contribution in [0.2, 0.25) is 5.02 Å². The van der Waals surface area contributed by atoms with Gasteiger partial charge in [-0.25, -0.2) is 0 Å². The number of nitrogens with one attached hydrogen (secondary N) is 1. The molecule has 0 fully saturated rings. The maximum Gasteiger partial charge on any atom is 0.145 e. The van der Waals surface area contributed by atoms with Gasteiger partial charge in [0.05, 0.1) is 43.4 Å². The van der Waals surface area contributed by atoms with E-state index < -0.39 is 0 Å². The molecular formula is C14H15ClN2O3. The molecule has 0 radical (unpaired) electrons. The van der Waals surface area contributed by atoms with Crippen LogP contribution in [0.25, 0.3) is 0 Å². The Bertz CT molecular complexity index is 588. The van der Waals surface area contributed by atoms with Crippen molar-refractivity contribution in [2.45, 2.75) is 6.54 Å². The van der Waals surface area contributed by atoms with Crippen molar-refractivity contribution in [2.24, 2.45) is 0 Å². The molecule has 1 heterocycles. The number of benzene rings is 1. The lowest BCUT2D eigenvalue weighted by molar-refractivity contribution is 0.395. The first-order chi connectivity index (χ1) is 9.63. The van der Waals surface area contributed by atoms with Gasteiger partial charge < -0.3 is 19.9 Å². The Balaban J connectivity index is 2.16. The quantitative estimate of drug-likeness (QED) is 0.887. The van der Waals surface area contributed by atoms with Crippen LogP contribution in [0.15, 0.2) is 30.5 Å². The smallest absolute Gasteiger partial charge is 0.145 e. The largest absolute Gasteiger partial charge is 0.506 e. The van der Waals surface area contributed by atoms with Gasteiger partial charge in [-0.05, 0) is 18.2 Å². The van der Waals surface area contributed by atoms with Crippen molar-refractivity contribution in [2.75, 3.05) is 19.5 Å². The van der Waals surface area contributed by atoms with Crippen LogP contribution in [0.5, 0.6) is 17.2 Å². The van der Waals surface area contributed by atoms with Crippen molar-refractivity contribution in [3.8, 4) is 17.2 Å². The predicted molar refractivity (Wildman–Crippen MR) is 77.8 cm³/mol. The highest BCUT2D eigenvalue weighted by molar-refractivity contribution is 6.32. The summed E-state index contributed by atoms with van der Waals surface area (Å²) in [6.07, 6.45) is 1.40. The Hall–Kier alpha value is -2.14. The Morgan fingerprint density at radius 3 is 2.55 bits per heavy atom. The fraction of sp³-hybridized carbons (Fsp3) is 0.214. The van der Waals surface area contributed by atoms with Gasteiger partial charge in [0.25, 0.3) is 0 Å². The maximum absolute atomic E-state index is 9.18. The second kappa shape index (κ2) is 6.34. The van der Waals surface area contributed by atoms with Crippen LogP contribution in [0.3, 0.4) is 0 Å². The third-order valence-electron chi connectivity index (χ3n) is 2.74. The monoisotopic (exact) mass is 294 g/mol. The minimum atomic E-state index is 0.138. The molecule has 0 amide bonds. The van der Waals surface area contributed by atoms with E-state index in [1.165, 1.54) is 6.20 Å². The average Bonchev–Trinajstić information content (AvgIpc) is 2.46. The zero-order chi connectivity index (χ0) is 14.5. The van der Waals surface area contributed by atoms with E-state index in [0.717, 1.165) is 11.4 Å². The maximum atomic E-state index is 9.18. The summed E-state index contributed by atoms with van der Waals surface area (Å²) >= 11 is 6.09. The Labute approximate surface area is 122 Å². The van der Waals surface area contributed by atoms with E-state index in [9.17, 15) is 5.11 Å². The number of rotatable bonds is 5. The van der Waals surface area contributed by atoms with Crippen LogP contribution in [0.4, 0.5) is 5.69 Å². The fourth-order valence-corrected chi connectivity index (χ4v) is 1.95. The highest BCUT2D eigenvalue weighted by atomic mass is 35.5. The molecule has 1 aromatic heterocycles. The number of anilines is 1. The second-order valence-corrected chi connectivity index (χ2v) is 4.46. The van der Waals surface area contributed by atoms with Crippen molar-refractivity contribution in [3.63, 3.8) is 0 Å². The molecule has 20 heavy (non-hydrogen) atoms. The molecule has 0 spiro atoms. The van der Waals surface area contributed by atoms with Gasteiger partial charge >= 0.3 is 0 Å². The molecule has 0 bridgehead atoms. The molecule has 2 N–H and O–H groups in total. The molecule has 0 unspecified atom stereocenters. The molecule has 0 atom stereocenters. The van der Waals surface area contributed by atoms with E-state index in [0.29, 0.717) is 23.1 Å². The zero-order valence-electron chi connectivity index (χ0n) is 11.2.